The van der Waals surface area contributed by atoms with Crippen molar-refractivity contribution in [1.82, 2.24) is 5.32 Å². The van der Waals surface area contributed by atoms with Crippen LogP contribution in [0, 0.1) is 0 Å². The summed E-state index contributed by atoms with van der Waals surface area (Å²) in [5.41, 5.74) is 0.817. The largest absolute Gasteiger partial charge is 0.464 e. The number of nitrogens with one attached hydrogen (secondary N) is 1. The molecule has 150 valence electrons. The molecule has 3 aromatic carbocycles. The first-order chi connectivity index (χ1) is 13.7. The second-order valence-corrected chi connectivity index (χ2v) is 7.81. The molecule has 0 aromatic heterocycles. The summed E-state index contributed by atoms with van der Waals surface area (Å²) in [5, 5.41) is 6.80. The summed E-state index contributed by atoms with van der Waals surface area (Å²) in [5.74, 6) is -0.634. The zero-order valence-electron chi connectivity index (χ0n) is 17.3. The summed E-state index contributed by atoms with van der Waals surface area (Å²) in [7, 11) is 1.28. The van der Waals surface area contributed by atoms with E-state index in [4.69, 9.17) is 9.47 Å². The number of allylic oxidation sites excluding steroid dienone is 1. The topological polar surface area (TPSA) is 64.6 Å². The van der Waals surface area contributed by atoms with Crippen LogP contribution in [0.3, 0.4) is 0 Å². The van der Waals surface area contributed by atoms with Gasteiger partial charge < -0.3 is 9.47 Å². The average Bonchev–Trinajstić information content (AvgIpc) is 2.69. The summed E-state index contributed by atoms with van der Waals surface area (Å²) in [6.07, 6.45) is -0.706. The average molecular weight is 391 g/mol. The van der Waals surface area contributed by atoms with Crippen LogP contribution in [0.1, 0.15) is 33.3 Å². The third-order valence-electron chi connectivity index (χ3n) is 4.56. The van der Waals surface area contributed by atoms with Crippen LogP contribution in [0.5, 0.6) is 0 Å². The molecular weight excluding hydrogens is 366 g/mol. The molecule has 0 fully saturated rings. The molecule has 0 radical (unpaired) electrons. The minimum atomic E-state index is -0.706. The second kappa shape index (κ2) is 7.95. The van der Waals surface area contributed by atoms with E-state index in [2.05, 4.69) is 11.4 Å². The number of methoxy groups -OCH3 is 1. The second-order valence-electron chi connectivity index (χ2n) is 7.81. The molecule has 0 spiro atoms. The van der Waals surface area contributed by atoms with E-state index < -0.39 is 17.7 Å². The van der Waals surface area contributed by atoms with Crippen molar-refractivity contribution in [2.24, 2.45) is 0 Å². The van der Waals surface area contributed by atoms with E-state index in [0.29, 0.717) is 5.57 Å². The molecule has 0 aliphatic rings. The van der Waals surface area contributed by atoms with Gasteiger partial charge in [-0.2, -0.15) is 0 Å². The van der Waals surface area contributed by atoms with E-state index in [9.17, 15) is 9.59 Å². The van der Waals surface area contributed by atoms with Crippen molar-refractivity contribution in [2.45, 2.75) is 33.3 Å². The maximum atomic E-state index is 12.5. The smallest absolute Gasteiger partial charge is 0.412 e. The monoisotopic (exact) mass is 391 g/mol. The van der Waals surface area contributed by atoms with Gasteiger partial charge in [0.15, 0.2) is 0 Å². The number of carbonyl (C=O) groups excluding carboxylic acids is 2. The number of carbonyl (C=O) groups is 2. The normalized spacial score (nSPS) is 12.4. The molecule has 3 rings (SSSR count). The number of benzene rings is 3. The summed E-state index contributed by atoms with van der Waals surface area (Å²) in [6, 6.07) is 18.1. The van der Waals surface area contributed by atoms with Crippen LogP contribution < -0.4 is 5.32 Å². The fourth-order valence-corrected chi connectivity index (χ4v) is 3.30. The molecule has 5 nitrogen and oxygen atoms in total. The lowest BCUT2D eigenvalue weighted by Crippen LogP contribution is -2.35. The molecule has 0 atom stereocenters. The fourth-order valence-electron chi connectivity index (χ4n) is 3.30. The van der Waals surface area contributed by atoms with Gasteiger partial charge in [-0.3, -0.25) is 5.32 Å². The van der Waals surface area contributed by atoms with E-state index in [1.54, 1.807) is 27.7 Å². The lowest BCUT2D eigenvalue weighted by atomic mass is 9.93. The number of ether oxygens (including phenoxy) is 2. The minimum absolute atomic E-state index is 0.0576. The van der Waals surface area contributed by atoms with Crippen molar-refractivity contribution < 1.29 is 19.1 Å². The van der Waals surface area contributed by atoms with Gasteiger partial charge in [0.05, 0.1) is 7.11 Å². The van der Waals surface area contributed by atoms with Crippen molar-refractivity contribution in [1.29, 1.82) is 0 Å². The van der Waals surface area contributed by atoms with Gasteiger partial charge in [-0.15, -0.1) is 0 Å². The van der Waals surface area contributed by atoms with Gasteiger partial charge in [-0.05, 0) is 66.4 Å². The highest BCUT2D eigenvalue weighted by atomic mass is 16.6. The number of rotatable bonds is 3. The van der Waals surface area contributed by atoms with Crippen molar-refractivity contribution in [3.8, 4) is 0 Å². The van der Waals surface area contributed by atoms with Gasteiger partial charge in [0.1, 0.15) is 11.3 Å². The Balaban J connectivity index is 2.21. The Morgan fingerprint density at radius 3 is 2.10 bits per heavy atom. The Morgan fingerprint density at radius 2 is 1.48 bits per heavy atom. The first-order valence-corrected chi connectivity index (χ1v) is 9.41. The van der Waals surface area contributed by atoms with Crippen LogP contribution in [0.25, 0.3) is 27.1 Å². The standard InChI is InChI=1S/C24H25NO4/c1-15(21(22(26)28-5)25-23(27)29-24(2,3)4)20-14-16-10-6-7-11-17(16)18-12-8-9-13-19(18)20/h6-14H,1-5H3,(H,25,27)/b21-15+. The first kappa shape index (κ1) is 20.4. The zero-order valence-corrected chi connectivity index (χ0v) is 17.3. The third-order valence-corrected chi connectivity index (χ3v) is 4.56. The van der Waals surface area contributed by atoms with Gasteiger partial charge in [-0.1, -0.05) is 48.5 Å². The number of fused-ring (bicyclic) bond motifs is 3. The van der Waals surface area contributed by atoms with Gasteiger partial charge in [0.2, 0.25) is 0 Å². The molecule has 0 unspecified atom stereocenters. The third kappa shape index (κ3) is 4.40. The van der Waals surface area contributed by atoms with Crippen LogP contribution in [0.2, 0.25) is 0 Å². The first-order valence-electron chi connectivity index (χ1n) is 9.41. The quantitative estimate of drug-likeness (QED) is 0.368. The number of hydrogen-bond donors (Lipinski definition) is 1. The lowest BCUT2D eigenvalue weighted by Gasteiger charge is -2.21. The molecule has 5 heteroatoms. The minimum Gasteiger partial charge on any atom is -0.464 e. The number of alkyl carbamates (subject to hydrolysis) is 1. The van der Waals surface area contributed by atoms with Gasteiger partial charge >= 0.3 is 12.1 Å². The Bertz CT molecular complexity index is 1120. The van der Waals surface area contributed by atoms with E-state index in [0.717, 1.165) is 27.1 Å². The molecule has 0 aliphatic carbocycles. The molecule has 0 bridgehead atoms. The highest BCUT2D eigenvalue weighted by molar-refractivity contribution is 6.13. The predicted octanol–water partition coefficient (Wildman–Crippen LogP) is 5.42. The maximum absolute atomic E-state index is 12.5. The Morgan fingerprint density at radius 1 is 0.897 bits per heavy atom. The van der Waals surface area contributed by atoms with Crippen molar-refractivity contribution in [3.63, 3.8) is 0 Å². The zero-order chi connectivity index (χ0) is 21.2. The number of esters is 1. The van der Waals surface area contributed by atoms with E-state index in [-0.39, 0.29) is 5.70 Å². The molecular formula is C24H25NO4. The van der Waals surface area contributed by atoms with E-state index in [1.807, 2.05) is 48.5 Å². The Kier molecular flexibility index (Phi) is 5.59. The predicted molar refractivity (Wildman–Crippen MR) is 115 cm³/mol. The van der Waals surface area contributed by atoms with Crippen LogP contribution >= 0.6 is 0 Å². The van der Waals surface area contributed by atoms with E-state index >= 15 is 0 Å². The van der Waals surface area contributed by atoms with Crippen LogP contribution in [-0.2, 0) is 14.3 Å². The highest BCUT2D eigenvalue weighted by Crippen LogP contribution is 2.33. The van der Waals surface area contributed by atoms with Gasteiger partial charge in [0, 0.05) is 0 Å². The molecule has 29 heavy (non-hydrogen) atoms. The summed E-state index contributed by atoms with van der Waals surface area (Å²) >= 11 is 0. The van der Waals surface area contributed by atoms with Crippen LogP contribution in [-0.4, -0.2) is 24.8 Å². The van der Waals surface area contributed by atoms with E-state index in [1.165, 1.54) is 7.11 Å². The molecule has 1 amide bonds. The molecule has 0 aliphatic heterocycles. The SMILES string of the molecule is COC(=O)/C(NC(=O)OC(C)(C)C)=C(/C)c1cc2ccccc2c2ccccc12. The maximum Gasteiger partial charge on any atom is 0.412 e. The highest BCUT2D eigenvalue weighted by Gasteiger charge is 2.23. The summed E-state index contributed by atoms with van der Waals surface area (Å²) in [4.78, 5) is 24.8. The van der Waals surface area contributed by atoms with Crippen molar-refractivity contribution in [2.75, 3.05) is 7.11 Å². The lowest BCUT2D eigenvalue weighted by molar-refractivity contribution is -0.136. The fraction of sp³-hybridized carbons (Fsp3) is 0.250. The van der Waals surface area contributed by atoms with Crippen molar-refractivity contribution in [3.05, 3.63) is 65.9 Å². The van der Waals surface area contributed by atoms with Gasteiger partial charge in [0.25, 0.3) is 0 Å². The molecule has 0 saturated heterocycles. The van der Waals surface area contributed by atoms with Crippen LogP contribution in [0.4, 0.5) is 4.79 Å². The molecule has 3 aromatic rings. The molecule has 0 heterocycles. The van der Waals surface area contributed by atoms with Gasteiger partial charge in [-0.25, -0.2) is 9.59 Å². The van der Waals surface area contributed by atoms with Crippen LogP contribution in [0.15, 0.2) is 60.3 Å². The summed E-state index contributed by atoms with van der Waals surface area (Å²) < 4.78 is 10.2. The summed E-state index contributed by atoms with van der Waals surface area (Å²) in [6.45, 7) is 7.08. The molecule has 1 N–H and O–H groups in total. The van der Waals surface area contributed by atoms with Crippen molar-refractivity contribution >= 4 is 39.2 Å². The number of amides is 1. The Hall–Kier alpha value is -3.34. The number of hydrogen-bond acceptors (Lipinski definition) is 4. The molecule has 0 saturated carbocycles. The Labute approximate surface area is 170 Å².